The number of likely N-dealkylation sites (tertiary alicyclic amines) is 1. The van der Waals surface area contributed by atoms with Gasteiger partial charge in [0.2, 0.25) is 11.8 Å². The summed E-state index contributed by atoms with van der Waals surface area (Å²) in [5.74, 6) is -2.31. The first kappa shape index (κ1) is 31.7. The van der Waals surface area contributed by atoms with Crippen LogP contribution < -0.4 is 5.32 Å². The smallest absolute Gasteiger partial charge is 0.329 e. The lowest BCUT2D eigenvalue weighted by molar-refractivity contribution is -0.159. The molecule has 2 amide bonds. The van der Waals surface area contributed by atoms with Crippen molar-refractivity contribution >= 4 is 17.8 Å². The molecule has 0 aromatic heterocycles. The number of amides is 2. The zero-order valence-electron chi connectivity index (χ0n) is 24.5. The molecule has 10 nitrogen and oxygen atoms in total. The average molecular weight is 563 g/mol. The summed E-state index contributed by atoms with van der Waals surface area (Å²) in [5, 5.41) is 42.2. The quantitative estimate of drug-likeness (QED) is 0.215. The van der Waals surface area contributed by atoms with Crippen LogP contribution in [-0.4, -0.2) is 80.1 Å². The number of phenolic OH excluding ortho intramolecular Hbond substituents is 2. The normalized spacial score (nSPS) is 24.6. The van der Waals surface area contributed by atoms with E-state index in [4.69, 9.17) is 4.74 Å². The summed E-state index contributed by atoms with van der Waals surface area (Å²) in [4.78, 5) is 40.6. The van der Waals surface area contributed by atoms with E-state index in [1.807, 2.05) is 6.92 Å². The molecule has 1 heterocycles. The number of carbonyl (C=O) groups excluding carboxylic acids is 3. The summed E-state index contributed by atoms with van der Waals surface area (Å²) in [7, 11) is 0. The lowest BCUT2D eigenvalue weighted by Gasteiger charge is -2.40. The molecule has 1 aliphatic heterocycles. The SMILES string of the molecule is CC(CC1CCC(C)(C)C1(C)C)OC(=O)C1CCCN1C(=O)C(NC(=O)C(O)Cc1ccc(O)c(O)c1)C(C)O. The lowest BCUT2D eigenvalue weighted by atomic mass is 9.66. The fraction of sp³-hybridized carbons (Fsp3) is 0.700. The number of ether oxygens (including phenoxy) is 1. The van der Waals surface area contributed by atoms with Crippen molar-refractivity contribution < 1.29 is 39.5 Å². The Hall–Kier alpha value is -2.85. The minimum atomic E-state index is -1.58. The molecule has 1 saturated carbocycles. The first-order valence-corrected chi connectivity index (χ1v) is 14.2. The van der Waals surface area contributed by atoms with E-state index in [1.54, 1.807) is 0 Å². The Morgan fingerprint density at radius 3 is 2.33 bits per heavy atom. The van der Waals surface area contributed by atoms with Crippen LogP contribution in [-0.2, 0) is 25.5 Å². The highest BCUT2D eigenvalue weighted by atomic mass is 16.5. The summed E-state index contributed by atoms with van der Waals surface area (Å²) in [5.41, 5.74) is 0.702. The summed E-state index contributed by atoms with van der Waals surface area (Å²) < 4.78 is 5.82. The molecular formula is C30H46N2O8. The second-order valence-corrected chi connectivity index (χ2v) is 12.8. The molecule has 1 aromatic rings. The van der Waals surface area contributed by atoms with Crippen molar-refractivity contribution in [2.45, 2.75) is 110 Å². The van der Waals surface area contributed by atoms with Crippen LogP contribution in [0, 0.1) is 16.7 Å². The van der Waals surface area contributed by atoms with E-state index < -0.39 is 42.1 Å². The van der Waals surface area contributed by atoms with Crippen molar-refractivity contribution in [1.82, 2.24) is 10.2 Å². The third-order valence-electron chi connectivity index (χ3n) is 9.44. The van der Waals surface area contributed by atoms with Gasteiger partial charge in [-0.25, -0.2) is 4.79 Å². The van der Waals surface area contributed by atoms with Gasteiger partial charge in [0.1, 0.15) is 18.2 Å². The number of nitrogens with one attached hydrogen (secondary N) is 1. The molecule has 2 fully saturated rings. The van der Waals surface area contributed by atoms with Gasteiger partial charge in [-0.15, -0.1) is 0 Å². The molecule has 1 saturated heterocycles. The molecule has 6 unspecified atom stereocenters. The van der Waals surface area contributed by atoms with E-state index in [-0.39, 0.29) is 41.4 Å². The molecule has 2 aliphatic rings. The number of aliphatic hydroxyl groups is 2. The zero-order valence-corrected chi connectivity index (χ0v) is 24.5. The second-order valence-electron chi connectivity index (χ2n) is 12.8. The molecule has 3 rings (SSSR count). The number of benzene rings is 1. The molecule has 1 aliphatic carbocycles. The van der Waals surface area contributed by atoms with Gasteiger partial charge >= 0.3 is 5.97 Å². The van der Waals surface area contributed by atoms with Gasteiger partial charge in [0.15, 0.2) is 11.5 Å². The first-order valence-electron chi connectivity index (χ1n) is 14.2. The number of esters is 1. The number of phenols is 2. The maximum Gasteiger partial charge on any atom is 0.329 e. The van der Waals surface area contributed by atoms with E-state index in [9.17, 15) is 34.8 Å². The molecule has 0 radical (unpaired) electrons. The average Bonchev–Trinajstić information content (AvgIpc) is 3.43. The van der Waals surface area contributed by atoms with E-state index in [1.165, 1.54) is 30.0 Å². The zero-order chi connectivity index (χ0) is 30.0. The van der Waals surface area contributed by atoms with Crippen LogP contribution in [0.15, 0.2) is 18.2 Å². The van der Waals surface area contributed by atoms with Crippen molar-refractivity contribution in [3.05, 3.63) is 23.8 Å². The van der Waals surface area contributed by atoms with Gasteiger partial charge < -0.3 is 35.4 Å². The standard InChI is InChI=1S/C30H46N2O8/c1-17(14-20-11-12-29(3,4)30(20,5)6)40-28(39)21-8-7-13-32(21)27(38)25(18(2)33)31-26(37)24(36)16-19-9-10-22(34)23(35)15-19/h9-10,15,17-18,20-21,24-25,33-36H,7-8,11-14,16H2,1-6H3,(H,31,37). The molecule has 5 N–H and O–H groups in total. The van der Waals surface area contributed by atoms with Gasteiger partial charge in [-0.2, -0.15) is 0 Å². The third kappa shape index (κ3) is 6.89. The fourth-order valence-electron chi connectivity index (χ4n) is 6.01. The summed E-state index contributed by atoms with van der Waals surface area (Å²) in [6.45, 7) is 12.6. The Kier molecular flexibility index (Phi) is 9.78. The van der Waals surface area contributed by atoms with Gasteiger partial charge in [-0.1, -0.05) is 33.8 Å². The number of aromatic hydroxyl groups is 2. The van der Waals surface area contributed by atoms with E-state index >= 15 is 0 Å². The van der Waals surface area contributed by atoms with Crippen molar-refractivity contribution in [1.29, 1.82) is 0 Å². The van der Waals surface area contributed by atoms with Crippen molar-refractivity contribution in [3.63, 3.8) is 0 Å². The Morgan fingerprint density at radius 2 is 1.75 bits per heavy atom. The van der Waals surface area contributed by atoms with Crippen LogP contribution in [0.25, 0.3) is 0 Å². The van der Waals surface area contributed by atoms with Crippen LogP contribution in [0.1, 0.15) is 79.2 Å². The first-order chi connectivity index (χ1) is 18.5. The number of nitrogens with zero attached hydrogens (tertiary/aromatic N) is 1. The maximum atomic E-state index is 13.4. The van der Waals surface area contributed by atoms with Gasteiger partial charge in [0.25, 0.3) is 0 Å². The lowest BCUT2D eigenvalue weighted by Crippen LogP contribution is -2.57. The molecular weight excluding hydrogens is 516 g/mol. The van der Waals surface area contributed by atoms with Gasteiger partial charge in [0.05, 0.1) is 12.2 Å². The predicted octanol–water partition coefficient (Wildman–Crippen LogP) is 2.64. The minimum Gasteiger partial charge on any atom is -0.504 e. The van der Waals surface area contributed by atoms with Crippen LogP contribution in [0.4, 0.5) is 0 Å². The Bertz CT molecular complexity index is 1090. The van der Waals surface area contributed by atoms with Crippen LogP contribution in [0.2, 0.25) is 0 Å². The summed E-state index contributed by atoms with van der Waals surface area (Å²) in [6.07, 6.45) is 0.570. The third-order valence-corrected chi connectivity index (χ3v) is 9.44. The minimum absolute atomic E-state index is 0.110. The Balaban J connectivity index is 1.61. The summed E-state index contributed by atoms with van der Waals surface area (Å²) in [6, 6.07) is 1.71. The molecule has 0 bridgehead atoms. The van der Waals surface area contributed by atoms with Crippen molar-refractivity contribution in [3.8, 4) is 11.5 Å². The van der Waals surface area contributed by atoms with E-state index in [2.05, 4.69) is 33.0 Å². The molecule has 40 heavy (non-hydrogen) atoms. The number of aliphatic hydroxyl groups excluding tert-OH is 2. The highest BCUT2D eigenvalue weighted by molar-refractivity contribution is 5.92. The van der Waals surface area contributed by atoms with Gasteiger partial charge in [-0.05, 0) is 80.4 Å². The maximum absolute atomic E-state index is 13.4. The number of rotatable bonds is 10. The topological polar surface area (TPSA) is 157 Å². The van der Waals surface area contributed by atoms with Crippen LogP contribution in [0.3, 0.4) is 0 Å². The van der Waals surface area contributed by atoms with E-state index in [0.717, 1.165) is 19.3 Å². The largest absolute Gasteiger partial charge is 0.504 e. The Labute approximate surface area is 236 Å². The van der Waals surface area contributed by atoms with Gasteiger partial charge in [0, 0.05) is 13.0 Å². The fourth-order valence-corrected chi connectivity index (χ4v) is 6.01. The monoisotopic (exact) mass is 562 g/mol. The molecule has 10 heteroatoms. The summed E-state index contributed by atoms with van der Waals surface area (Å²) >= 11 is 0. The van der Waals surface area contributed by atoms with Crippen molar-refractivity contribution in [2.24, 2.45) is 16.7 Å². The second kappa shape index (κ2) is 12.3. The van der Waals surface area contributed by atoms with Crippen LogP contribution >= 0.6 is 0 Å². The Morgan fingerprint density at radius 1 is 1.07 bits per heavy atom. The highest BCUT2D eigenvalue weighted by Crippen LogP contribution is 2.57. The van der Waals surface area contributed by atoms with Crippen molar-refractivity contribution in [2.75, 3.05) is 6.54 Å². The molecule has 0 spiro atoms. The molecule has 224 valence electrons. The van der Waals surface area contributed by atoms with Gasteiger partial charge in [-0.3, -0.25) is 9.59 Å². The molecule has 1 aromatic carbocycles. The number of hydrogen-bond donors (Lipinski definition) is 5. The highest BCUT2D eigenvalue weighted by Gasteiger charge is 2.49. The van der Waals surface area contributed by atoms with E-state index in [0.29, 0.717) is 24.3 Å². The predicted molar refractivity (Wildman–Crippen MR) is 148 cm³/mol. The number of hydrogen-bond acceptors (Lipinski definition) is 8. The molecule has 6 atom stereocenters. The number of carbonyl (C=O) groups is 3. The van der Waals surface area contributed by atoms with Crippen LogP contribution in [0.5, 0.6) is 11.5 Å².